The van der Waals surface area contributed by atoms with E-state index in [0.29, 0.717) is 23.9 Å². The number of benzene rings is 1. The molecule has 0 aliphatic heterocycles. The van der Waals surface area contributed by atoms with Crippen molar-refractivity contribution in [3.05, 3.63) is 36.2 Å². The Hall–Kier alpha value is -2.01. The number of aromatic hydroxyl groups is 1. The lowest BCUT2D eigenvalue weighted by molar-refractivity contribution is 0.475. The molecule has 5 heteroatoms. The van der Waals surface area contributed by atoms with Gasteiger partial charge in [-0.05, 0) is 12.1 Å². The summed E-state index contributed by atoms with van der Waals surface area (Å²) >= 11 is 0. The van der Waals surface area contributed by atoms with Gasteiger partial charge in [-0.3, -0.25) is 0 Å². The molecular weight excluding hydrogens is 194 g/mol. The maximum Gasteiger partial charge on any atom is 0.299 e. The monoisotopic (exact) mass is 205 g/mol. The molecule has 0 spiro atoms. The fourth-order valence-corrected chi connectivity index (χ4v) is 1.17. The molecule has 0 aliphatic rings. The predicted molar refractivity (Wildman–Crippen MR) is 55.8 cm³/mol. The van der Waals surface area contributed by atoms with E-state index in [0.717, 1.165) is 0 Å². The molecule has 1 heterocycles. The van der Waals surface area contributed by atoms with Gasteiger partial charge in [-0.2, -0.15) is 4.98 Å². The van der Waals surface area contributed by atoms with Crippen LogP contribution in [0.2, 0.25) is 0 Å². The van der Waals surface area contributed by atoms with Gasteiger partial charge in [-0.25, -0.2) is 0 Å². The highest BCUT2D eigenvalue weighted by molar-refractivity contribution is 5.54. The van der Waals surface area contributed by atoms with Gasteiger partial charge in [-0.1, -0.05) is 6.07 Å². The van der Waals surface area contributed by atoms with Crippen LogP contribution in [0.15, 0.2) is 34.9 Å². The third-order valence-corrected chi connectivity index (χ3v) is 1.86. The molecule has 5 nitrogen and oxygen atoms in total. The number of hydrogen-bond acceptors (Lipinski definition) is 5. The lowest BCUT2D eigenvalue weighted by Crippen LogP contribution is -1.96. The summed E-state index contributed by atoms with van der Waals surface area (Å²) in [7, 11) is 0. The molecule has 2 aromatic rings. The molecule has 0 amide bonds. The quantitative estimate of drug-likeness (QED) is 0.708. The highest BCUT2D eigenvalue weighted by Gasteiger charge is 2.02. The number of phenolic OH excluding ortho intramolecular Hbond substituents is 1. The summed E-state index contributed by atoms with van der Waals surface area (Å²) in [6.07, 6.45) is 1.49. The fraction of sp³-hybridized carbons (Fsp3) is 0.100. The SMILES string of the molecule is NCc1coc(Nc2cccc(O)c2)n1. The van der Waals surface area contributed by atoms with Gasteiger partial charge in [0.05, 0.1) is 5.69 Å². The van der Waals surface area contributed by atoms with Gasteiger partial charge in [0, 0.05) is 18.3 Å². The zero-order chi connectivity index (χ0) is 10.7. The zero-order valence-electron chi connectivity index (χ0n) is 7.97. The van der Waals surface area contributed by atoms with E-state index < -0.39 is 0 Å². The van der Waals surface area contributed by atoms with E-state index >= 15 is 0 Å². The van der Waals surface area contributed by atoms with E-state index in [9.17, 15) is 5.11 Å². The van der Waals surface area contributed by atoms with Crippen molar-refractivity contribution in [1.29, 1.82) is 0 Å². The maximum absolute atomic E-state index is 9.23. The highest BCUT2D eigenvalue weighted by atomic mass is 16.4. The lowest BCUT2D eigenvalue weighted by Gasteiger charge is -2.00. The first-order chi connectivity index (χ1) is 7.28. The minimum atomic E-state index is 0.186. The van der Waals surface area contributed by atoms with E-state index in [1.165, 1.54) is 6.26 Å². The summed E-state index contributed by atoms with van der Waals surface area (Å²) in [5, 5.41) is 12.1. The molecule has 1 aromatic carbocycles. The van der Waals surface area contributed by atoms with Gasteiger partial charge < -0.3 is 20.6 Å². The van der Waals surface area contributed by atoms with Crippen LogP contribution >= 0.6 is 0 Å². The summed E-state index contributed by atoms with van der Waals surface area (Å²) in [6.45, 7) is 0.339. The largest absolute Gasteiger partial charge is 0.508 e. The van der Waals surface area contributed by atoms with Crippen molar-refractivity contribution >= 4 is 11.7 Å². The number of nitrogens with zero attached hydrogens (tertiary/aromatic N) is 1. The zero-order valence-corrected chi connectivity index (χ0v) is 7.97. The number of rotatable bonds is 3. The number of hydrogen-bond donors (Lipinski definition) is 3. The molecule has 78 valence electrons. The van der Waals surface area contributed by atoms with Gasteiger partial charge >= 0.3 is 0 Å². The Kier molecular flexibility index (Phi) is 2.55. The van der Waals surface area contributed by atoms with Crippen LogP contribution in [0.4, 0.5) is 11.7 Å². The number of oxazole rings is 1. The van der Waals surface area contributed by atoms with Gasteiger partial charge in [0.2, 0.25) is 0 Å². The Labute approximate surface area is 86.6 Å². The minimum Gasteiger partial charge on any atom is -0.508 e. The van der Waals surface area contributed by atoms with Crippen LogP contribution < -0.4 is 11.1 Å². The maximum atomic E-state index is 9.23. The van der Waals surface area contributed by atoms with Crippen molar-refractivity contribution in [2.75, 3.05) is 5.32 Å². The topological polar surface area (TPSA) is 84.3 Å². The molecule has 1 aromatic heterocycles. The second kappa shape index (κ2) is 4.02. The average Bonchev–Trinajstić information content (AvgIpc) is 2.65. The molecule has 15 heavy (non-hydrogen) atoms. The molecule has 0 bridgehead atoms. The Morgan fingerprint density at radius 1 is 1.47 bits per heavy atom. The van der Waals surface area contributed by atoms with E-state index in [1.807, 2.05) is 0 Å². The fourth-order valence-electron chi connectivity index (χ4n) is 1.17. The standard InChI is InChI=1S/C10H11N3O2/c11-5-8-6-15-10(13-8)12-7-2-1-3-9(14)4-7/h1-4,6,14H,5,11H2,(H,12,13). The highest BCUT2D eigenvalue weighted by Crippen LogP contribution is 2.19. The van der Waals surface area contributed by atoms with Gasteiger partial charge in [0.25, 0.3) is 6.01 Å². The molecular formula is C10H11N3O2. The second-order valence-electron chi connectivity index (χ2n) is 3.02. The van der Waals surface area contributed by atoms with Crippen LogP contribution in [-0.2, 0) is 6.54 Å². The number of nitrogens with one attached hydrogen (secondary N) is 1. The summed E-state index contributed by atoms with van der Waals surface area (Å²) < 4.78 is 5.12. The van der Waals surface area contributed by atoms with E-state index in [4.69, 9.17) is 10.2 Å². The lowest BCUT2D eigenvalue weighted by atomic mass is 10.3. The summed E-state index contributed by atoms with van der Waals surface area (Å²) in [4.78, 5) is 4.07. The molecule has 2 rings (SSSR count). The van der Waals surface area contributed by atoms with Crippen molar-refractivity contribution in [1.82, 2.24) is 4.98 Å². The molecule has 0 atom stereocenters. The smallest absolute Gasteiger partial charge is 0.299 e. The molecule has 4 N–H and O–H groups in total. The first kappa shape index (κ1) is 9.54. The minimum absolute atomic E-state index is 0.186. The summed E-state index contributed by atoms with van der Waals surface area (Å²) in [5.74, 6) is 0.186. The molecule has 0 unspecified atom stereocenters. The number of anilines is 2. The van der Waals surface area contributed by atoms with Crippen LogP contribution in [0.1, 0.15) is 5.69 Å². The molecule has 0 saturated heterocycles. The molecule has 0 saturated carbocycles. The molecule has 0 aliphatic carbocycles. The van der Waals surface area contributed by atoms with Crippen molar-refractivity contribution in [3.8, 4) is 5.75 Å². The van der Waals surface area contributed by atoms with Gasteiger partial charge in [-0.15, -0.1) is 0 Å². The number of nitrogens with two attached hydrogens (primary N) is 1. The molecule has 0 fully saturated rings. The van der Waals surface area contributed by atoms with Gasteiger partial charge in [0.1, 0.15) is 12.0 Å². The van der Waals surface area contributed by atoms with Crippen LogP contribution in [0.5, 0.6) is 5.75 Å². The predicted octanol–water partition coefficient (Wildman–Crippen LogP) is 1.58. The van der Waals surface area contributed by atoms with E-state index in [-0.39, 0.29) is 5.75 Å². The Balaban J connectivity index is 2.14. The third-order valence-electron chi connectivity index (χ3n) is 1.86. The van der Waals surface area contributed by atoms with Crippen molar-refractivity contribution < 1.29 is 9.52 Å². The first-order valence-corrected chi connectivity index (χ1v) is 4.48. The van der Waals surface area contributed by atoms with Crippen molar-refractivity contribution in [3.63, 3.8) is 0 Å². The van der Waals surface area contributed by atoms with Crippen LogP contribution in [0.25, 0.3) is 0 Å². The Bertz CT molecular complexity index is 453. The summed E-state index contributed by atoms with van der Waals surface area (Å²) in [6, 6.07) is 7.05. The van der Waals surface area contributed by atoms with Crippen LogP contribution in [-0.4, -0.2) is 10.1 Å². The van der Waals surface area contributed by atoms with Crippen molar-refractivity contribution in [2.24, 2.45) is 5.73 Å². The first-order valence-electron chi connectivity index (χ1n) is 4.48. The Morgan fingerprint density at radius 2 is 2.33 bits per heavy atom. The second-order valence-corrected chi connectivity index (χ2v) is 3.02. The Morgan fingerprint density at radius 3 is 3.00 bits per heavy atom. The molecule has 0 radical (unpaired) electrons. The number of phenols is 1. The van der Waals surface area contributed by atoms with Crippen molar-refractivity contribution in [2.45, 2.75) is 6.54 Å². The third kappa shape index (κ3) is 2.26. The van der Waals surface area contributed by atoms with E-state index in [2.05, 4.69) is 10.3 Å². The van der Waals surface area contributed by atoms with E-state index in [1.54, 1.807) is 24.3 Å². The summed E-state index contributed by atoms with van der Waals surface area (Å²) in [5.41, 5.74) is 6.78. The average molecular weight is 205 g/mol. The normalized spacial score (nSPS) is 10.2. The van der Waals surface area contributed by atoms with Crippen LogP contribution in [0, 0.1) is 0 Å². The number of aromatic nitrogens is 1. The van der Waals surface area contributed by atoms with Gasteiger partial charge in [0.15, 0.2) is 0 Å². The van der Waals surface area contributed by atoms with Crippen LogP contribution in [0.3, 0.4) is 0 Å².